The Morgan fingerprint density at radius 3 is 2.65 bits per heavy atom. The van der Waals surface area contributed by atoms with Gasteiger partial charge in [-0.1, -0.05) is 11.6 Å². The molecule has 0 fully saturated rings. The quantitative estimate of drug-likeness (QED) is 0.705. The van der Waals surface area contributed by atoms with Crippen molar-refractivity contribution in [2.75, 3.05) is 6.54 Å². The molecule has 0 aliphatic carbocycles. The molecule has 0 saturated carbocycles. The molecule has 0 amide bonds. The molecule has 3 rings (SSSR count). The van der Waals surface area contributed by atoms with Crippen molar-refractivity contribution in [1.29, 1.82) is 0 Å². The van der Waals surface area contributed by atoms with E-state index >= 15 is 0 Å². The Labute approximate surface area is 147 Å². The van der Waals surface area contributed by atoms with Crippen LogP contribution in [0.2, 0.25) is 4.34 Å². The Balaban J connectivity index is 1.60. The van der Waals surface area contributed by atoms with Crippen molar-refractivity contribution in [1.82, 2.24) is 14.7 Å². The van der Waals surface area contributed by atoms with E-state index in [0.29, 0.717) is 10.8 Å². The number of thiazole rings is 1. The van der Waals surface area contributed by atoms with Gasteiger partial charge in [0.2, 0.25) is 10.0 Å². The lowest BCUT2D eigenvalue weighted by Crippen LogP contribution is -2.25. The summed E-state index contributed by atoms with van der Waals surface area (Å²) >= 11 is 8.34. The minimum Gasteiger partial charge on any atom is -0.265 e. The lowest BCUT2D eigenvalue weighted by Gasteiger charge is -2.03. The highest BCUT2D eigenvalue weighted by Crippen LogP contribution is 2.25. The van der Waals surface area contributed by atoms with Crippen LogP contribution in [0.5, 0.6) is 0 Å². The van der Waals surface area contributed by atoms with Crippen molar-refractivity contribution in [3.63, 3.8) is 0 Å². The molecule has 0 spiro atoms. The monoisotopic (exact) mass is 385 g/mol. The van der Waals surface area contributed by atoms with Gasteiger partial charge in [-0.15, -0.1) is 22.7 Å². The van der Waals surface area contributed by atoms with Gasteiger partial charge in [-0.2, -0.15) is 0 Å². The predicted molar refractivity (Wildman–Crippen MR) is 93.6 cm³/mol. The van der Waals surface area contributed by atoms with E-state index in [-0.39, 0.29) is 10.8 Å². The van der Waals surface area contributed by atoms with Crippen molar-refractivity contribution >= 4 is 44.3 Å². The van der Waals surface area contributed by atoms with Gasteiger partial charge in [-0.3, -0.25) is 4.98 Å². The lowest BCUT2D eigenvalue weighted by atomic mass is 10.3. The van der Waals surface area contributed by atoms with Gasteiger partial charge in [0.25, 0.3) is 0 Å². The Hall–Kier alpha value is -1.32. The van der Waals surface area contributed by atoms with Crippen molar-refractivity contribution in [3.8, 4) is 10.6 Å². The maximum Gasteiger partial charge on any atom is 0.250 e. The highest BCUT2D eigenvalue weighted by atomic mass is 35.5. The minimum absolute atomic E-state index is 0.221. The van der Waals surface area contributed by atoms with E-state index in [0.717, 1.165) is 27.6 Å². The minimum atomic E-state index is -3.50. The number of rotatable bonds is 6. The molecule has 5 nitrogen and oxygen atoms in total. The summed E-state index contributed by atoms with van der Waals surface area (Å²) in [5, 5.41) is 2.84. The van der Waals surface area contributed by atoms with Crippen LogP contribution < -0.4 is 4.72 Å². The summed E-state index contributed by atoms with van der Waals surface area (Å²) in [7, 11) is -3.50. The molecular formula is C14H12ClN3O2S3. The predicted octanol–water partition coefficient (Wildman–Crippen LogP) is 3.44. The zero-order valence-corrected chi connectivity index (χ0v) is 15.0. The number of sulfonamides is 1. The van der Waals surface area contributed by atoms with E-state index in [4.69, 9.17) is 11.6 Å². The van der Waals surface area contributed by atoms with Crippen molar-refractivity contribution < 1.29 is 8.42 Å². The summed E-state index contributed by atoms with van der Waals surface area (Å²) < 4.78 is 27.4. The summed E-state index contributed by atoms with van der Waals surface area (Å²) in [6.45, 7) is 0.289. The Kier molecular flexibility index (Phi) is 5.08. The number of thiophene rings is 1. The summed E-state index contributed by atoms with van der Waals surface area (Å²) in [4.78, 5) is 8.49. The van der Waals surface area contributed by atoms with Gasteiger partial charge in [0.1, 0.15) is 9.22 Å². The zero-order chi connectivity index (χ0) is 16.3. The molecule has 0 unspecified atom stereocenters. The second-order valence-corrected chi connectivity index (χ2v) is 9.15. The van der Waals surface area contributed by atoms with Gasteiger partial charge in [-0.25, -0.2) is 18.1 Å². The summed E-state index contributed by atoms with van der Waals surface area (Å²) in [6, 6.07) is 6.86. The van der Waals surface area contributed by atoms with Gasteiger partial charge in [0.05, 0.1) is 10.0 Å². The van der Waals surface area contributed by atoms with Crippen molar-refractivity contribution in [2.45, 2.75) is 10.6 Å². The van der Waals surface area contributed by atoms with E-state index in [1.165, 1.54) is 17.4 Å². The fraction of sp³-hybridized carbons (Fsp3) is 0.143. The number of nitrogens with one attached hydrogen (secondary N) is 1. The molecule has 0 atom stereocenters. The summed E-state index contributed by atoms with van der Waals surface area (Å²) in [5.41, 5.74) is 1.86. The maximum absolute atomic E-state index is 12.1. The largest absolute Gasteiger partial charge is 0.265 e. The van der Waals surface area contributed by atoms with Crippen LogP contribution in [0.15, 0.2) is 46.2 Å². The molecule has 120 valence electrons. The Morgan fingerprint density at radius 1 is 1.17 bits per heavy atom. The first-order valence-corrected chi connectivity index (χ1v) is 10.2. The van der Waals surface area contributed by atoms with Crippen LogP contribution in [0.3, 0.4) is 0 Å². The van der Waals surface area contributed by atoms with Crippen LogP contribution in [0.1, 0.15) is 5.69 Å². The van der Waals surface area contributed by atoms with Crippen molar-refractivity contribution in [2.24, 2.45) is 0 Å². The van der Waals surface area contributed by atoms with Crippen LogP contribution in [-0.2, 0) is 16.4 Å². The molecule has 0 aromatic carbocycles. The fourth-order valence-electron chi connectivity index (χ4n) is 1.88. The maximum atomic E-state index is 12.1. The first kappa shape index (κ1) is 16.5. The standard InChI is InChI=1S/C14H12ClN3O2S3/c15-12-1-2-13(22-12)23(19,20)17-8-5-11-9-21-14(18-11)10-3-6-16-7-4-10/h1-4,6-7,9,17H,5,8H2. The molecule has 1 N–H and O–H groups in total. The summed E-state index contributed by atoms with van der Waals surface area (Å²) in [5.74, 6) is 0. The molecule has 3 heterocycles. The number of hydrogen-bond acceptors (Lipinski definition) is 6. The molecule has 23 heavy (non-hydrogen) atoms. The molecule has 3 aromatic heterocycles. The van der Waals surface area contributed by atoms with E-state index in [9.17, 15) is 8.42 Å². The normalized spacial score (nSPS) is 11.7. The van der Waals surface area contributed by atoms with Crippen molar-refractivity contribution in [3.05, 3.63) is 52.1 Å². The van der Waals surface area contributed by atoms with E-state index < -0.39 is 10.0 Å². The average Bonchev–Trinajstić information content (AvgIpc) is 3.17. The average molecular weight is 386 g/mol. The molecule has 9 heteroatoms. The number of nitrogens with zero attached hydrogens (tertiary/aromatic N) is 2. The highest BCUT2D eigenvalue weighted by Gasteiger charge is 2.16. The second-order valence-electron chi connectivity index (χ2n) is 4.59. The Bertz CT molecular complexity index is 891. The van der Waals surface area contributed by atoms with E-state index in [1.54, 1.807) is 18.5 Å². The van der Waals surface area contributed by atoms with Crippen LogP contribution >= 0.6 is 34.3 Å². The van der Waals surface area contributed by atoms with Crippen LogP contribution in [0, 0.1) is 0 Å². The van der Waals surface area contributed by atoms with Crippen LogP contribution in [-0.4, -0.2) is 24.9 Å². The molecule has 0 radical (unpaired) electrons. The van der Waals surface area contributed by atoms with Gasteiger partial charge < -0.3 is 0 Å². The number of hydrogen-bond donors (Lipinski definition) is 1. The van der Waals surface area contributed by atoms with E-state index in [1.807, 2.05) is 17.5 Å². The SMILES string of the molecule is O=S(=O)(NCCc1csc(-c2ccncc2)n1)c1ccc(Cl)s1. The summed E-state index contributed by atoms with van der Waals surface area (Å²) in [6.07, 6.45) is 3.97. The zero-order valence-electron chi connectivity index (χ0n) is 11.8. The van der Waals surface area contributed by atoms with Gasteiger partial charge in [0, 0.05) is 36.3 Å². The first-order valence-electron chi connectivity index (χ1n) is 6.64. The third-order valence-electron chi connectivity index (χ3n) is 2.97. The molecule has 3 aromatic rings. The first-order chi connectivity index (χ1) is 11.0. The number of pyridine rings is 1. The lowest BCUT2D eigenvalue weighted by molar-refractivity contribution is 0.583. The van der Waals surface area contributed by atoms with Crippen LogP contribution in [0.4, 0.5) is 0 Å². The van der Waals surface area contributed by atoms with Gasteiger partial charge in [0.15, 0.2) is 0 Å². The van der Waals surface area contributed by atoms with E-state index in [2.05, 4.69) is 14.7 Å². The molecule has 0 aliphatic heterocycles. The topological polar surface area (TPSA) is 72.0 Å². The Morgan fingerprint density at radius 2 is 1.96 bits per heavy atom. The molecular weight excluding hydrogens is 374 g/mol. The smallest absolute Gasteiger partial charge is 0.250 e. The highest BCUT2D eigenvalue weighted by molar-refractivity contribution is 7.91. The third kappa shape index (κ3) is 4.15. The van der Waals surface area contributed by atoms with Crippen LogP contribution in [0.25, 0.3) is 10.6 Å². The fourth-order valence-corrected chi connectivity index (χ4v) is 5.30. The number of halogens is 1. The molecule has 0 saturated heterocycles. The number of aromatic nitrogens is 2. The third-order valence-corrected chi connectivity index (χ3v) is 7.09. The molecule has 0 aliphatic rings. The van der Waals surface area contributed by atoms with Gasteiger partial charge >= 0.3 is 0 Å². The van der Waals surface area contributed by atoms with Gasteiger partial charge in [-0.05, 0) is 24.3 Å². The second kappa shape index (κ2) is 7.06. The molecule has 0 bridgehead atoms.